The Morgan fingerprint density at radius 2 is 2.00 bits per heavy atom. The first kappa shape index (κ1) is 17.2. The Bertz CT molecular complexity index is 1060. The fraction of sp³-hybridized carbons (Fsp3) is 0.389. The van der Waals surface area contributed by atoms with Crippen LogP contribution in [0.2, 0.25) is 0 Å². The van der Waals surface area contributed by atoms with E-state index >= 15 is 0 Å². The molecule has 2 aliphatic heterocycles. The monoisotopic (exact) mass is 369 g/mol. The molecule has 2 aliphatic rings. The molecule has 2 aromatic heterocycles. The van der Waals surface area contributed by atoms with Crippen molar-refractivity contribution in [1.82, 2.24) is 19.6 Å². The van der Waals surface area contributed by atoms with Crippen molar-refractivity contribution in [2.45, 2.75) is 26.3 Å². The minimum absolute atomic E-state index is 0.105. The van der Waals surface area contributed by atoms with Gasteiger partial charge in [0.25, 0.3) is 5.56 Å². The van der Waals surface area contributed by atoms with E-state index in [2.05, 4.69) is 10.3 Å². The third kappa shape index (κ3) is 2.08. The van der Waals surface area contributed by atoms with Gasteiger partial charge in [-0.3, -0.25) is 29.0 Å². The van der Waals surface area contributed by atoms with E-state index in [1.807, 2.05) is 6.92 Å². The average Bonchev–Trinajstić information content (AvgIpc) is 2.66. The van der Waals surface area contributed by atoms with Crippen molar-refractivity contribution in [3.8, 4) is 0 Å². The maximum Gasteiger partial charge on any atom is 0.330 e. The number of hydrogen-bond donors (Lipinski definition) is 1. The third-order valence-corrected chi connectivity index (χ3v) is 5.67. The lowest BCUT2D eigenvalue weighted by atomic mass is 9.70. The highest BCUT2D eigenvalue weighted by Gasteiger charge is 2.60. The van der Waals surface area contributed by atoms with Crippen LogP contribution in [0.1, 0.15) is 19.4 Å². The number of fused-ring (bicyclic) bond motifs is 2. The first-order chi connectivity index (χ1) is 12.8. The summed E-state index contributed by atoms with van der Waals surface area (Å²) in [5.41, 5.74) is -1.09. The van der Waals surface area contributed by atoms with Crippen molar-refractivity contribution in [2.75, 3.05) is 18.5 Å². The van der Waals surface area contributed by atoms with Gasteiger partial charge in [-0.1, -0.05) is 6.07 Å². The molecule has 0 bridgehead atoms. The number of imide groups is 2. The summed E-state index contributed by atoms with van der Waals surface area (Å²) in [6, 6.07) is 3.90. The van der Waals surface area contributed by atoms with Gasteiger partial charge in [0, 0.05) is 26.2 Å². The number of carbonyl (C=O) groups excluding carboxylic acids is 3. The summed E-state index contributed by atoms with van der Waals surface area (Å²) in [5, 5.41) is 2.25. The van der Waals surface area contributed by atoms with Crippen LogP contribution in [0.15, 0.2) is 29.2 Å². The van der Waals surface area contributed by atoms with Gasteiger partial charge in [-0.25, -0.2) is 9.78 Å². The zero-order chi connectivity index (χ0) is 19.5. The zero-order valence-electron chi connectivity index (χ0n) is 15.2. The van der Waals surface area contributed by atoms with Crippen LogP contribution in [0.3, 0.4) is 0 Å². The molecule has 1 saturated heterocycles. The molecule has 0 saturated carbocycles. The average molecular weight is 369 g/mol. The number of pyridine rings is 1. The van der Waals surface area contributed by atoms with E-state index in [4.69, 9.17) is 0 Å². The van der Waals surface area contributed by atoms with Gasteiger partial charge in [0.2, 0.25) is 11.8 Å². The number of anilines is 1. The molecule has 140 valence electrons. The predicted octanol–water partition coefficient (Wildman–Crippen LogP) is 0.160. The number of hydrogen-bond acceptors (Lipinski definition) is 6. The normalized spacial score (nSPS) is 25.1. The number of urea groups is 1. The number of aromatic nitrogens is 2. The highest BCUT2D eigenvalue weighted by Crippen LogP contribution is 2.42. The highest BCUT2D eigenvalue weighted by molar-refractivity contribution is 6.20. The van der Waals surface area contributed by atoms with E-state index in [0.717, 1.165) is 4.90 Å². The van der Waals surface area contributed by atoms with Gasteiger partial charge in [-0.05, 0) is 26.0 Å². The van der Waals surface area contributed by atoms with Crippen molar-refractivity contribution in [3.05, 3.63) is 40.3 Å². The minimum Gasteiger partial charge on any atom is -0.352 e. The molecule has 0 unspecified atom stereocenters. The molecule has 0 radical (unpaired) electrons. The fourth-order valence-corrected chi connectivity index (χ4v) is 4.11. The number of carbonyl (C=O) groups is 3. The van der Waals surface area contributed by atoms with Crippen molar-refractivity contribution in [1.29, 1.82) is 0 Å². The number of rotatable bonds is 1. The number of barbiturate groups is 1. The van der Waals surface area contributed by atoms with Crippen molar-refractivity contribution < 1.29 is 14.4 Å². The van der Waals surface area contributed by atoms with E-state index in [1.165, 1.54) is 11.4 Å². The molecule has 4 rings (SSSR count). The molecule has 1 fully saturated rings. The Labute approximate surface area is 154 Å². The van der Waals surface area contributed by atoms with Gasteiger partial charge >= 0.3 is 6.03 Å². The number of amides is 4. The summed E-state index contributed by atoms with van der Waals surface area (Å²) in [6.07, 6.45) is 1.50. The SMILES string of the molecule is CCN1c2nc3ccccn3c(=O)c2C[C@]2(C(=O)NC(=O)N(C)C2=O)[C@H]1C. The molecule has 2 aromatic rings. The zero-order valence-corrected chi connectivity index (χ0v) is 15.2. The summed E-state index contributed by atoms with van der Waals surface area (Å²) in [7, 11) is 1.33. The van der Waals surface area contributed by atoms with Crippen LogP contribution in [0.4, 0.5) is 10.6 Å². The Hall–Kier alpha value is -3.23. The van der Waals surface area contributed by atoms with Gasteiger partial charge in [0.1, 0.15) is 11.5 Å². The first-order valence-electron chi connectivity index (χ1n) is 8.73. The van der Waals surface area contributed by atoms with Crippen LogP contribution in [0.25, 0.3) is 5.65 Å². The Morgan fingerprint density at radius 1 is 1.26 bits per heavy atom. The minimum atomic E-state index is -1.56. The van der Waals surface area contributed by atoms with E-state index in [-0.39, 0.29) is 12.0 Å². The van der Waals surface area contributed by atoms with Crippen LogP contribution in [0, 0.1) is 5.41 Å². The molecule has 1 N–H and O–H groups in total. The van der Waals surface area contributed by atoms with Crippen LogP contribution in [-0.4, -0.2) is 51.8 Å². The second-order valence-electron chi connectivity index (χ2n) is 6.88. The van der Waals surface area contributed by atoms with E-state index in [0.29, 0.717) is 23.6 Å². The van der Waals surface area contributed by atoms with Crippen molar-refractivity contribution in [3.63, 3.8) is 0 Å². The maximum atomic E-state index is 13.1. The molecule has 1 spiro atoms. The van der Waals surface area contributed by atoms with Crippen LogP contribution >= 0.6 is 0 Å². The summed E-state index contributed by atoms with van der Waals surface area (Å²) >= 11 is 0. The smallest absolute Gasteiger partial charge is 0.330 e. The summed E-state index contributed by atoms with van der Waals surface area (Å²) < 4.78 is 1.40. The second kappa shape index (κ2) is 5.63. The van der Waals surface area contributed by atoms with Crippen LogP contribution < -0.4 is 15.8 Å². The molecule has 4 amide bonds. The lowest BCUT2D eigenvalue weighted by Crippen LogP contribution is -2.71. The van der Waals surface area contributed by atoms with Gasteiger partial charge in [0.05, 0.1) is 11.6 Å². The summed E-state index contributed by atoms with van der Waals surface area (Å²) in [6.45, 7) is 4.07. The van der Waals surface area contributed by atoms with Crippen LogP contribution in [-0.2, 0) is 16.0 Å². The maximum absolute atomic E-state index is 13.1. The lowest BCUT2D eigenvalue weighted by Gasteiger charge is -2.49. The van der Waals surface area contributed by atoms with Gasteiger partial charge < -0.3 is 4.90 Å². The Kier molecular flexibility index (Phi) is 3.59. The standard InChI is InChI=1S/C18H19N5O4/c1-4-22-10(2)18(15(25)20-17(27)21(3)16(18)26)9-11-13(22)19-12-7-5-6-8-23(12)14(11)24/h5-8,10H,4,9H2,1-3H3,(H,20,25,27)/t10-,18-/m1/s1. The van der Waals surface area contributed by atoms with Gasteiger partial charge in [0.15, 0.2) is 5.41 Å². The quantitative estimate of drug-likeness (QED) is 0.718. The van der Waals surface area contributed by atoms with Crippen LogP contribution in [0.5, 0.6) is 0 Å². The summed E-state index contributed by atoms with van der Waals surface area (Å²) in [5.74, 6) is -0.804. The van der Waals surface area contributed by atoms with Crippen molar-refractivity contribution in [2.24, 2.45) is 5.41 Å². The molecule has 4 heterocycles. The molecule has 27 heavy (non-hydrogen) atoms. The second-order valence-corrected chi connectivity index (χ2v) is 6.88. The summed E-state index contributed by atoms with van der Waals surface area (Å²) in [4.78, 5) is 58.2. The van der Waals surface area contributed by atoms with E-state index in [1.54, 1.807) is 36.2 Å². The topological polar surface area (TPSA) is 104 Å². The van der Waals surface area contributed by atoms with E-state index < -0.39 is 29.3 Å². The van der Waals surface area contributed by atoms with Gasteiger partial charge in [-0.2, -0.15) is 0 Å². The molecule has 9 heteroatoms. The Balaban J connectivity index is 2.00. The van der Waals surface area contributed by atoms with E-state index in [9.17, 15) is 19.2 Å². The molecular weight excluding hydrogens is 350 g/mol. The molecule has 0 aromatic carbocycles. The van der Waals surface area contributed by atoms with Gasteiger partial charge in [-0.15, -0.1) is 0 Å². The molecule has 2 atom stereocenters. The molecular formula is C18H19N5O4. The molecule has 0 aliphatic carbocycles. The lowest BCUT2D eigenvalue weighted by molar-refractivity contribution is -0.152. The predicted molar refractivity (Wildman–Crippen MR) is 96.4 cm³/mol. The first-order valence-corrected chi connectivity index (χ1v) is 8.73. The van der Waals surface area contributed by atoms with Crippen molar-refractivity contribution >= 4 is 29.3 Å². The third-order valence-electron chi connectivity index (χ3n) is 5.67. The Morgan fingerprint density at radius 3 is 2.70 bits per heavy atom. The number of nitrogens with one attached hydrogen (secondary N) is 1. The molecule has 9 nitrogen and oxygen atoms in total. The highest BCUT2D eigenvalue weighted by atomic mass is 16.2. The largest absolute Gasteiger partial charge is 0.352 e. The fourth-order valence-electron chi connectivity index (χ4n) is 4.11. The number of nitrogens with zero attached hydrogens (tertiary/aromatic N) is 4.